The number of benzene rings is 2. The number of guanidine groups is 1. The lowest BCUT2D eigenvalue weighted by Gasteiger charge is -2.46. The number of amides is 1. The van der Waals surface area contributed by atoms with E-state index in [1.165, 1.54) is 11.0 Å². The summed E-state index contributed by atoms with van der Waals surface area (Å²) in [6.45, 7) is 7.99. The van der Waals surface area contributed by atoms with Crippen LogP contribution in [0.1, 0.15) is 33.3 Å². The van der Waals surface area contributed by atoms with Crippen molar-refractivity contribution >= 4 is 44.2 Å². The van der Waals surface area contributed by atoms with Gasteiger partial charge in [-0.25, -0.2) is 14.4 Å². The van der Waals surface area contributed by atoms with Crippen LogP contribution in [0.5, 0.6) is 0 Å². The maximum Gasteiger partial charge on any atom is 0.237 e. The third kappa shape index (κ3) is 3.17. The summed E-state index contributed by atoms with van der Waals surface area (Å²) >= 11 is 1.58. The van der Waals surface area contributed by atoms with Crippen LogP contribution in [0.2, 0.25) is 0 Å². The number of aromatic nitrogens is 1. The molecule has 8 heteroatoms. The molecule has 0 aliphatic carbocycles. The number of nitrogens with two attached hydrogens (primary N) is 1. The zero-order chi connectivity index (χ0) is 22.6. The highest BCUT2D eigenvalue weighted by Gasteiger charge is 2.53. The molecule has 1 aromatic heterocycles. The number of anilines is 2. The van der Waals surface area contributed by atoms with Gasteiger partial charge in [0.1, 0.15) is 11.4 Å². The molecular weight excluding hydrogens is 413 g/mol. The predicted octanol–water partition coefficient (Wildman–Crippen LogP) is 4.62. The minimum absolute atomic E-state index is 0.0788. The number of carbonyl (C=O) groups excluding carboxylic acids is 1. The Morgan fingerprint density at radius 1 is 1.19 bits per heavy atom. The molecule has 162 valence electrons. The van der Waals surface area contributed by atoms with E-state index in [1.54, 1.807) is 51.3 Å². The number of carbonyl (C=O) groups is 1. The first-order chi connectivity index (χ1) is 14.6. The average molecular weight is 440 g/mol. The van der Waals surface area contributed by atoms with Crippen LogP contribution in [0, 0.1) is 11.2 Å². The van der Waals surface area contributed by atoms with Crippen molar-refractivity contribution in [3.63, 3.8) is 0 Å². The summed E-state index contributed by atoms with van der Waals surface area (Å²) in [5, 5.41) is 0.827. The minimum atomic E-state index is -1.16. The molecule has 1 aliphatic heterocycles. The van der Waals surface area contributed by atoms with Crippen LogP contribution < -0.4 is 10.6 Å². The molecule has 2 N–H and O–H groups in total. The lowest BCUT2D eigenvalue weighted by molar-refractivity contribution is -0.140. The highest BCUT2D eigenvalue weighted by atomic mass is 32.1. The van der Waals surface area contributed by atoms with Gasteiger partial charge >= 0.3 is 0 Å². The lowest BCUT2D eigenvalue weighted by atomic mass is 9.67. The van der Waals surface area contributed by atoms with Crippen molar-refractivity contribution in [1.29, 1.82) is 0 Å². The van der Waals surface area contributed by atoms with Crippen molar-refractivity contribution in [2.24, 2.45) is 16.1 Å². The minimum Gasteiger partial charge on any atom is -0.369 e. The number of aliphatic imine (C=N–C) groups is 1. The predicted molar refractivity (Wildman–Crippen MR) is 124 cm³/mol. The molecule has 2 heterocycles. The molecule has 0 fully saturated rings. The van der Waals surface area contributed by atoms with Gasteiger partial charge in [-0.05, 0) is 58.0 Å². The summed E-state index contributed by atoms with van der Waals surface area (Å²) < 4.78 is 16.3. The summed E-state index contributed by atoms with van der Waals surface area (Å²) in [4.78, 5) is 25.7. The van der Waals surface area contributed by atoms with Crippen molar-refractivity contribution < 1.29 is 9.18 Å². The number of thiazole rings is 1. The Morgan fingerprint density at radius 2 is 1.90 bits per heavy atom. The van der Waals surface area contributed by atoms with Crippen LogP contribution in [-0.2, 0) is 10.3 Å². The molecule has 6 nitrogen and oxygen atoms in total. The number of hydrogen-bond acceptors (Lipinski definition) is 6. The Hall–Kier alpha value is -3.00. The Kier molecular flexibility index (Phi) is 5.00. The number of nitrogens with zero attached hydrogens (tertiary/aromatic N) is 4. The van der Waals surface area contributed by atoms with Gasteiger partial charge in [0.2, 0.25) is 5.91 Å². The second-order valence-electron chi connectivity index (χ2n) is 8.40. The van der Waals surface area contributed by atoms with E-state index in [9.17, 15) is 4.79 Å². The van der Waals surface area contributed by atoms with E-state index in [0.717, 1.165) is 21.0 Å². The first-order valence-electron chi connectivity index (χ1n) is 10.2. The van der Waals surface area contributed by atoms with Crippen LogP contribution >= 0.6 is 11.3 Å². The van der Waals surface area contributed by atoms with Crippen molar-refractivity contribution in [2.45, 2.75) is 33.2 Å². The van der Waals surface area contributed by atoms with Crippen LogP contribution in [-0.4, -0.2) is 35.3 Å². The number of halogens is 1. The molecule has 2 aromatic carbocycles. The summed E-state index contributed by atoms with van der Waals surface area (Å²) in [6, 6.07) is 12.9. The quantitative estimate of drug-likeness (QED) is 0.644. The van der Waals surface area contributed by atoms with Gasteiger partial charge in [-0.15, -0.1) is 0 Å². The fourth-order valence-electron chi connectivity index (χ4n) is 4.03. The monoisotopic (exact) mass is 439 g/mol. The van der Waals surface area contributed by atoms with E-state index in [0.29, 0.717) is 12.1 Å². The van der Waals surface area contributed by atoms with E-state index in [-0.39, 0.29) is 11.9 Å². The molecule has 1 atom stereocenters. The number of fused-ring (bicyclic) bond motifs is 1. The van der Waals surface area contributed by atoms with Gasteiger partial charge in [0.25, 0.3) is 0 Å². The lowest BCUT2D eigenvalue weighted by Crippen LogP contribution is -2.58. The van der Waals surface area contributed by atoms with Crippen LogP contribution in [0.4, 0.5) is 15.2 Å². The second-order valence-corrected chi connectivity index (χ2v) is 9.41. The molecule has 0 radical (unpaired) electrons. The Labute approximate surface area is 185 Å². The van der Waals surface area contributed by atoms with Crippen LogP contribution in [0.3, 0.4) is 0 Å². The first-order valence-corrected chi connectivity index (χ1v) is 11.0. The Morgan fingerprint density at radius 3 is 2.58 bits per heavy atom. The average Bonchev–Trinajstić information content (AvgIpc) is 3.16. The Bertz CT molecular complexity index is 1170. The fourth-order valence-corrected chi connectivity index (χ4v) is 5.08. The maximum atomic E-state index is 15.2. The molecule has 1 amide bonds. The molecule has 1 aliphatic rings. The van der Waals surface area contributed by atoms with E-state index < -0.39 is 16.8 Å². The molecule has 0 unspecified atom stereocenters. The van der Waals surface area contributed by atoms with Crippen molar-refractivity contribution in [1.82, 2.24) is 9.88 Å². The normalized spacial score (nSPS) is 20.8. The smallest absolute Gasteiger partial charge is 0.237 e. The third-order valence-corrected chi connectivity index (χ3v) is 7.41. The summed E-state index contributed by atoms with van der Waals surface area (Å²) in [7, 11) is 1.58. The van der Waals surface area contributed by atoms with E-state index in [1.807, 2.05) is 36.1 Å². The van der Waals surface area contributed by atoms with E-state index >= 15 is 4.39 Å². The van der Waals surface area contributed by atoms with E-state index in [4.69, 9.17) is 10.7 Å². The van der Waals surface area contributed by atoms with Crippen molar-refractivity contribution in [3.05, 3.63) is 53.8 Å². The molecular formula is C23H26FN5OS. The van der Waals surface area contributed by atoms with Gasteiger partial charge in [-0.2, -0.15) is 0 Å². The van der Waals surface area contributed by atoms with Gasteiger partial charge in [0, 0.05) is 24.8 Å². The molecule has 31 heavy (non-hydrogen) atoms. The van der Waals surface area contributed by atoms with Gasteiger partial charge in [0.15, 0.2) is 11.1 Å². The highest BCUT2D eigenvalue weighted by Crippen LogP contribution is 2.48. The molecule has 3 aromatic rings. The molecule has 0 saturated carbocycles. The van der Waals surface area contributed by atoms with Crippen LogP contribution in [0.25, 0.3) is 10.2 Å². The zero-order valence-electron chi connectivity index (χ0n) is 18.3. The summed E-state index contributed by atoms with van der Waals surface area (Å²) in [6.07, 6.45) is 0. The molecule has 0 bridgehead atoms. The fraction of sp³-hybridized carbons (Fsp3) is 0.348. The van der Waals surface area contributed by atoms with Gasteiger partial charge in [-0.1, -0.05) is 23.5 Å². The first kappa shape index (κ1) is 21.2. The van der Waals surface area contributed by atoms with Crippen LogP contribution in [0.15, 0.2) is 47.5 Å². The topological polar surface area (TPSA) is 74.8 Å². The Balaban J connectivity index is 1.85. The molecule has 0 spiro atoms. The van der Waals surface area contributed by atoms with Gasteiger partial charge in [0.05, 0.1) is 15.6 Å². The van der Waals surface area contributed by atoms with Gasteiger partial charge < -0.3 is 10.6 Å². The van der Waals surface area contributed by atoms with Crippen molar-refractivity contribution in [2.75, 3.05) is 18.5 Å². The second kappa shape index (κ2) is 7.30. The third-order valence-electron chi connectivity index (χ3n) is 6.35. The van der Waals surface area contributed by atoms with Gasteiger partial charge in [-0.3, -0.25) is 9.69 Å². The summed E-state index contributed by atoms with van der Waals surface area (Å²) in [5.74, 6) is -0.547. The number of hydrogen-bond donors (Lipinski definition) is 1. The maximum absolute atomic E-state index is 15.2. The standard InChI is InChI=1S/C23H26FN5OS/c1-6-29(21-26-17-9-7-8-10-18(17)31-21)14-11-12-16(24)15(13-14)23(4)22(2,3)19(30)28(5)20(25)27-23/h7-13H,6H2,1-5H3,(H2,25,27)/t23-/m1/s1. The largest absolute Gasteiger partial charge is 0.369 e. The molecule has 4 rings (SSSR count). The zero-order valence-corrected chi connectivity index (χ0v) is 19.1. The SMILES string of the molecule is CCN(c1ccc(F)c([C@@]2(C)N=C(N)N(C)C(=O)C2(C)C)c1)c1nc2ccccc2s1. The van der Waals surface area contributed by atoms with E-state index in [2.05, 4.69) is 4.99 Å². The highest BCUT2D eigenvalue weighted by molar-refractivity contribution is 7.22. The summed E-state index contributed by atoms with van der Waals surface area (Å²) in [5.41, 5.74) is 5.92. The number of rotatable bonds is 4. The number of para-hydroxylation sites is 1. The molecule has 0 saturated heterocycles. The van der Waals surface area contributed by atoms with Crippen molar-refractivity contribution in [3.8, 4) is 0 Å².